The lowest BCUT2D eigenvalue weighted by molar-refractivity contribution is -0.0346. The zero-order valence-corrected chi connectivity index (χ0v) is 18.2. The van der Waals surface area contributed by atoms with Crippen molar-refractivity contribution in [3.8, 4) is 11.4 Å². The zero-order chi connectivity index (χ0) is 22.1. The number of fused-ring (bicyclic) bond motifs is 1. The lowest BCUT2D eigenvalue weighted by Crippen LogP contribution is -2.38. The minimum Gasteiger partial charge on any atom is -0.369 e. The Balaban J connectivity index is 1.40. The van der Waals surface area contributed by atoms with Crippen LogP contribution in [0.25, 0.3) is 22.3 Å². The van der Waals surface area contributed by atoms with Crippen LogP contribution in [0, 0.1) is 5.82 Å². The molecule has 0 aliphatic carbocycles. The van der Waals surface area contributed by atoms with Crippen LogP contribution in [0.15, 0.2) is 41.4 Å². The highest BCUT2D eigenvalue weighted by Crippen LogP contribution is 2.30. The molecule has 8 nitrogen and oxygen atoms in total. The molecule has 5 rings (SSSR count). The van der Waals surface area contributed by atoms with Crippen LogP contribution in [0.3, 0.4) is 0 Å². The largest absolute Gasteiger partial charge is 0.369 e. The molecule has 0 amide bonds. The second-order valence-corrected chi connectivity index (χ2v) is 7.88. The average Bonchev–Trinajstić information content (AvgIpc) is 3.44. The first-order chi connectivity index (χ1) is 15.7. The summed E-state index contributed by atoms with van der Waals surface area (Å²) in [6, 6.07) is 5.00. The topological polar surface area (TPSA) is 82.1 Å². The van der Waals surface area contributed by atoms with E-state index in [-0.39, 0.29) is 11.9 Å². The van der Waals surface area contributed by atoms with E-state index in [1.807, 2.05) is 13.0 Å². The van der Waals surface area contributed by atoms with Gasteiger partial charge in [0.15, 0.2) is 0 Å². The molecular weight excluding hydrogens is 411 g/mol. The van der Waals surface area contributed by atoms with Gasteiger partial charge in [-0.1, -0.05) is 12.1 Å². The number of nitrogens with zero attached hydrogens (tertiary/aromatic N) is 6. The Bertz CT molecular complexity index is 1240. The molecule has 9 heteroatoms. The summed E-state index contributed by atoms with van der Waals surface area (Å²) in [4.78, 5) is 15.4. The van der Waals surface area contributed by atoms with Gasteiger partial charge in [0.25, 0.3) is 0 Å². The molecule has 0 bridgehead atoms. The second kappa shape index (κ2) is 8.76. The minimum absolute atomic E-state index is 0.215. The summed E-state index contributed by atoms with van der Waals surface area (Å²) in [7, 11) is 0. The molecule has 4 aromatic rings. The molecule has 1 aromatic carbocycles. The quantitative estimate of drug-likeness (QED) is 0.455. The summed E-state index contributed by atoms with van der Waals surface area (Å²) >= 11 is 0. The van der Waals surface area contributed by atoms with Crippen molar-refractivity contribution in [3.05, 3.63) is 59.9 Å². The van der Waals surface area contributed by atoms with Crippen molar-refractivity contribution in [2.75, 3.05) is 19.7 Å². The smallest absolute Gasteiger partial charge is 0.226 e. The van der Waals surface area contributed by atoms with Crippen LogP contribution in [-0.2, 0) is 24.2 Å². The maximum Gasteiger partial charge on any atom is 0.226 e. The van der Waals surface area contributed by atoms with Gasteiger partial charge in [0.2, 0.25) is 11.7 Å². The number of benzene rings is 1. The van der Waals surface area contributed by atoms with Crippen molar-refractivity contribution < 1.29 is 13.7 Å². The summed E-state index contributed by atoms with van der Waals surface area (Å²) < 4.78 is 27.2. The van der Waals surface area contributed by atoms with Gasteiger partial charge < -0.3 is 13.8 Å². The molecule has 166 valence electrons. The third-order valence-electron chi connectivity index (χ3n) is 5.87. The van der Waals surface area contributed by atoms with Gasteiger partial charge in [-0.05, 0) is 30.7 Å². The first-order valence-electron chi connectivity index (χ1n) is 10.9. The summed E-state index contributed by atoms with van der Waals surface area (Å²) in [5, 5.41) is 5.17. The first-order valence-corrected chi connectivity index (χ1v) is 10.9. The van der Waals surface area contributed by atoms with Crippen LogP contribution in [0.4, 0.5) is 4.39 Å². The predicted octanol–water partition coefficient (Wildman–Crippen LogP) is 3.78. The molecule has 4 heterocycles. The van der Waals surface area contributed by atoms with Gasteiger partial charge >= 0.3 is 0 Å². The van der Waals surface area contributed by atoms with E-state index in [2.05, 4.69) is 42.7 Å². The van der Waals surface area contributed by atoms with E-state index in [0.29, 0.717) is 31.3 Å². The molecule has 1 saturated heterocycles. The summed E-state index contributed by atoms with van der Waals surface area (Å²) in [5.41, 5.74) is 3.58. The molecule has 0 unspecified atom stereocenters. The molecule has 32 heavy (non-hydrogen) atoms. The van der Waals surface area contributed by atoms with E-state index in [1.54, 1.807) is 12.3 Å². The molecule has 1 aliphatic rings. The molecule has 1 atom stereocenters. The summed E-state index contributed by atoms with van der Waals surface area (Å²) in [5.74, 6) is 0.836. The first kappa shape index (κ1) is 20.7. The number of ether oxygens (including phenoxy) is 1. The normalized spacial score (nSPS) is 17.3. The molecule has 3 aromatic heterocycles. The molecule has 1 fully saturated rings. The summed E-state index contributed by atoms with van der Waals surface area (Å²) in [6.45, 7) is 7.63. The van der Waals surface area contributed by atoms with E-state index in [9.17, 15) is 4.39 Å². The van der Waals surface area contributed by atoms with Crippen molar-refractivity contribution in [1.29, 1.82) is 0 Å². The van der Waals surface area contributed by atoms with Crippen LogP contribution in [0.5, 0.6) is 0 Å². The third kappa shape index (κ3) is 3.89. The summed E-state index contributed by atoms with van der Waals surface area (Å²) in [6.07, 6.45) is 5.78. The number of halogens is 1. The van der Waals surface area contributed by atoms with Crippen LogP contribution in [-0.4, -0.2) is 49.3 Å². The van der Waals surface area contributed by atoms with Crippen LogP contribution >= 0.6 is 0 Å². The number of aryl methyl sites for hydroxylation is 2. The van der Waals surface area contributed by atoms with E-state index in [4.69, 9.17) is 9.26 Å². The van der Waals surface area contributed by atoms with Gasteiger partial charge in [-0.15, -0.1) is 0 Å². The standard InChI is InChI=1S/C23H25FN6O2/c1-3-21-27-23(28-32-21)18-10-25-14-26-22(18)20-13-29(7-8-31-20)11-15-12-30(4-2)19-9-16(24)5-6-17(15)19/h5-6,9-10,12,14,20H,3-4,7-8,11,13H2,1-2H3/t20-/m0/s1. The Morgan fingerprint density at radius 2 is 2.16 bits per heavy atom. The van der Waals surface area contributed by atoms with E-state index in [0.717, 1.165) is 41.8 Å². The van der Waals surface area contributed by atoms with Gasteiger partial charge in [-0.3, -0.25) is 4.90 Å². The fourth-order valence-electron chi connectivity index (χ4n) is 4.26. The van der Waals surface area contributed by atoms with E-state index < -0.39 is 0 Å². The van der Waals surface area contributed by atoms with Crippen molar-refractivity contribution in [2.45, 2.75) is 39.5 Å². The van der Waals surface area contributed by atoms with Gasteiger partial charge in [0.1, 0.15) is 18.2 Å². The van der Waals surface area contributed by atoms with Gasteiger partial charge in [-0.25, -0.2) is 14.4 Å². The monoisotopic (exact) mass is 436 g/mol. The second-order valence-electron chi connectivity index (χ2n) is 7.88. The predicted molar refractivity (Wildman–Crippen MR) is 116 cm³/mol. The molecule has 0 radical (unpaired) electrons. The Hall–Kier alpha value is -3.17. The minimum atomic E-state index is -0.234. The average molecular weight is 436 g/mol. The third-order valence-corrected chi connectivity index (χ3v) is 5.87. The Morgan fingerprint density at radius 1 is 1.25 bits per heavy atom. The fourth-order valence-corrected chi connectivity index (χ4v) is 4.26. The van der Waals surface area contributed by atoms with Crippen molar-refractivity contribution in [1.82, 2.24) is 29.6 Å². The molecular formula is C23H25FN6O2. The number of rotatable bonds is 6. The Labute approximate surface area is 185 Å². The number of hydrogen-bond donors (Lipinski definition) is 0. The van der Waals surface area contributed by atoms with Crippen molar-refractivity contribution >= 4 is 10.9 Å². The zero-order valence-electron chi connectivity index (χ0n) is 18.2. The van der Waals surface area contributed by atoms with E-state index in [1.165, 1.54) is 18.0 Å². The highest BCUT2D eigenvalue weighted by molar-refractivity contribution is 5.84. The number of aromatic nitrogens is 5. The van der Waals surface area contributed by atoms with Crippen LogP contribution in [0.2, 0.25) is 0 Å². The lowest BCUT2D eigenvalue weighted by Gasteiger charge is -2.33. The van der Waals surface area contributed by atoms with Gasteiger partial charge in [-0.2, -0.15) is 4.98 Å². The molecule has 0 saturated carbocycles. The highest BCUT2D eigenvalue weighted by atomic mass is 19.1. The molecule has 1 aliphatic heterocycles. The van der Waals surface area contributed by atoms with Crippen LogP contribution in [0.1, 0.15) is 37.1 Å². The van der Waals surface area contributed by atoms with Crippen LogP contribution < -0.4 is 0 Å². The fraction of sp³-hybridized carbons (Fsp3) is 0.391. The number of morpholine rings is 1. The van der Waals surface area contributed by atoms with Crippen molar-refractivity contribution in [3.63, 3.8) is 0 Å². The lowest BCUT2D eigenvalue weighted by atomic mass is 10.1. The highest BCUT2D eigenvalue weighted by Gasteiger charge is 2.28. The van der Waals surface area contributed by atoms with E-state index >= 15 is 0 Å². The SMILES string of the molecule is CCc1nc(-c2cncnc2[C@@H]2CN(Cc3cn(CC)c4cc(F)ccc34)CCO2)no1. The molecule has 0 spiro atoms. The van der Waals surface area contributed by atoms with Crippen molar-refractivity contribution in [2.24, 2.45) is 0 Å². The molecule has 0 N–H and O–H groups in total. The maximum atomic E-state index is 13.8. The maximum absolute atomic E-state index is 13.8. The Kier molecular flexibility index (Phi) is 5.67. The number of hydrogen-bond acceptors (Lipinski definition) is 7. The Morgan fingerprint density at radius 3 is 2.97 bits per heavy atom. The van der Waals surface area contributed by atoms with Gasteiger partial charge in [0, 0.05) is 50.4 Å². The van der Waals surface area contributed by atoms with Gasteiger partial charge in [0.05, 0.1) is 23.4 Å².